The Morgan fingerprint density at radius 2 is 1.82 bits per heavy atom. The van der Waals surface area contributed by atoms with E-state index in [-0.39, 0.29) is 34.9 Å². The predicted octanol–water partition coefficient (Wildman–Crippen LogP) is 2.21. The Morgan fingerprint density at radius 1 is 1.14 bits per heavy atom. The molecule has 10 heteroatoms. The van der Waals surface area contributed by atoms with Crippen molar-refractivity contribution in [3.63, 3.8) is 0 Å². The summed E-state index contributed by atoms with van der Waals surface area (Å²) in [7, 11) is 0. The van der Waals surface area contributed by atoms with Crippen molar-refractivity contribution in [2.75, 3.05) is 19.8 Å². The van der Waals surface area contributed by atoms with Crippen molar-refractivity contribution in [2.24, 2.45) is 21.5 Å². The van der Waals surface area contributed by atoms with Crippen LogP contribution in [-0.2, 0) is 9.57 Å². The number of hydrogen-bond acceptors (Lipinski definition) is 9. The van der Waals surface area contributed by atoms with Crippen LogP contribution in [0.4, 0.5) is 0 Å². The van der Waals surface area contributed by atoms with E-state index in [1.165, 1.54) is 5.06 Å². The molecule has 1 aliphatic rings. The molecule has 0 amide bonds. The van der Waals surface area contributed by atoms with E-state index >= 15 is 0 Å². The molecule has 0 spiro atoms. The Bertz CT molecular complexity index is 706. The molecule has 0 radical (unpaired) electrons. The summed E-state index contributed by atoms with van der Waals surface area (Å²) in [5, 5.41) is 1.43. The summed E-state index contributed by atoms with van der Waals surface area (Å²) < 4.78 is 10.7. The zero-order chi connectivity index (χ0) is 19.9. The Morgan fingerprint density at radius 3 is 2.43 bits per heavy atom. The van der Waals surface area contributed by atoms with Crippen molar-refractivity contribution in [3.05, 3.63) is 29.8 Å². The molecule has 0 saturated carbocycles. The van der Waals surface area contributed by atoms with E-state index in [4.69, 9.17) is 25.8 Å². The fraction of sp³-hybridized carbons (Fsp3) is 0.500. The van der Waals surface area contributed by atoms with Gasteiger partial charge in [0.15, 0.2) is 5.66 Å². The quantitative estimate of drug-likeness (QED) is 0.429. The Hall–Kier alpha value is -2.33. The van der Waals surface area contributed by atoms with Crippen molar-refractivity contribution >= 4 is 34.9 Å². The van der Waals surface area contributed by atoms with Gasteiger partial charge in [-0.05, 0) is 44.5 Å². The molecule has 0 bridgehead atoms. The predicted molar refractivity (Wildman–Crippen MR) is 113 cm³/mol. The molecule has 0 unspecified atom stereocenters. The van der Waals surface area contributed by atoms with Crippen LogP contribution < -0.4 is 16.2 Å². The maximum Gasteiger partial charge on any atom is 0.338 e. The maximum absolute atomic E-state index is 11.7. The molecule has 2 rings (SSSR count). The molecular formula is C18H28BrN5O4. The SMILES string of the molecule is Br.CCCOC(=O)c1ccc(OCCCON2C(N)=NC(N)=NC2(C)C)cc1. The van der Waals surface area contributed by atoms with Crippen LogP contribution in [0.15, 0.2) is 34.3 Å². The van der Waals surface area contributed by atoms with E-state index in [9.17, 15) is 4.79 Å². The molecule has 0 atom stereocenters. The first kappa shape index (κ1) is 23.7. The number of rotatable bonds is 9. The van der Waals surface area contributed by atoms with Crippen LogP contribution >= 0.6 is 17.0 Å². The second kappa shape index (κ2) is 10.9. The summed E-state index contributed by atoms with van der Waals surface area (Å²) >= 11 is 0. The lowest BCUT2D eigenvalue weighted by Crippen LogP contribution is -2.53. The highest BCUT2D eigenvalue weighted by Crippen LogP contribution is 2.20. The minimum Gasteiger partial charge on any atom is -0.494 e. The van der Waals surface area contributed by atoms with Crippen molar-refractivity contribution < 1.29 is 19.1 Å². The number of hydroxylamine groups is 2. The van der Waals surface area contributed by atoms with Gasteiger partial charge in [-0.15, -0.1) is 17.0 Å². The fourth-order valence-corrected chi connectivity index (χ4v) is 2.39. The first-order valence-corrected chi connectivity index (χ1v) is 8.86. The lowest BCUT2D eigenvalue weighted by Gasteiger charge is -2.36. The fourth-order valence-electron chi connectivity index (χ4n) is 2.39. The Balaban J connectivity index is 0.00000392. The molecule has 0 fully saturated rings. The van der Waals surface area contributed by atoms with Gasteiger partial charge in [0.25, 0.3) is 0 Å². The molecule has 0 aliphatic carbocycles. The zero-order valence-electron chi connectivity index (χ0n) is 16.4. The summed E-state index contributed by atoms with van der Waals surface area (Å²) in [6.07, 6.45) is 1.42. The van der Waals surface area contributed by atoms with Gasteiger partial charge < -0.3 is 20.9 Å². The van der Waals surface area contributed by atoms with Gasteiger partial charge in [-0.1, -0.05) is 6.92 Å². The maximum atomic E-state index is 11.7. The monoisotopic (exact) mass is 457 g/mol. The minimum atomic E-state index is -0.723. The normalized spacial score (nSPS) is 15.2. The van der Waals surface area contributed by atoms with Gasteiger partial charge >= 0.3 is 5.97 Å². The third-order valence-electron chi connectivity index (χ3n) is 3.63. The van der Waals surface area contributed by atoms with Crippen LogP contribution in [-0.4, -0.2) is 48.4 Å². The third-order valence-corrected chi connectivity index (χ3v) is 3.63. The molecule has 1 aliphatic heterocycles. The van der Waals surface area contributed by atoms with Gasteiger partial charge in [0.1, 0.15) is 5.75 Å². The topological polar surface area (TPSA) is 125 Å². The number of nitrogens with zero attached hydrogens (tertiary/aromatic N) is 3. The number of carbonyl (C=O) groups excluding carboxylic acids is 1. The van der Waals surface area contributed by atoms with Crippen LogP contribution in [0.1, 0.15) is 44.0 Å². The molecule has 1 aromatic carbocycles. The number of esters is 1. The molecule has 0 saturated heterocycles. The number of benzene rings is 1. The van der Waals surface area contributed by atoms with Crippen LogP contribution in [0.25, 0.3) is 0 Å². The number of ether oxygens (including phenoxy) is 2. The summed E-state index contributed by atoms with van der Waals surface area (Å²) in [5.74, 6) is 0.629. The highest BCUT2D eigenvalue weighted by atomic mass is 79.9. The van der Waals surface area contributed by atoms with Gasteiger partial charge in [0.05, 0.1) is 25.4 Å². The van der Waals surface area contributed by atoms with E-state index in [1.54, 1.807) is 24.3 Å². The number of aliphatic imine (C=N–C) groups is 2. The summed E-state index contributed by atoms with van der Waals surface area (Å²) in [4.78, 5) is 25.5. The molecule has 4 N–H and O–H groups in total. The molecule has 156 valence electrons. The van der Waals surface area contributed by atoms with E-state index in [0.717, 1.165) is 6.42 Å². The van der Waals surface area contributed by atoms with Gasteiger partial charge in [-0.3, -0.25) is 4.84 Å². The van der Waals surface area contributed by atoms with E-state index in [1.807, 2.05) is 20.8 Å². The first-order chi connectivity index (χ1) is 12.8. The molecule has 28 heavy (non-hydrogen) atoms. The van der Waals surface area contributed by atoms with Crippen molar-refractivity contribution in [1.82, 2.24) is 5.06 Å². The minimum absolute atomic E-state index is 0. The highest BCUT2D eigenvalue weighted by Gasteiger charge is 2.32. The van der Waals surface area contributed by atoms with Crippen molar-refractivity contribution in [2.45, 2.75) is 39.3 Å². The molecule has 1 aromatic rings. The summed E-state index contributed by atoms with van der Waals surface area (Å²) in [5.41, 5.74) is 11.2. The van der Waals surface area contributed by atoms with Crippen LogP contribution in [0, 0.1) is 0 Å². The van der Waals surface area contributed by atoms with E-state index in [0.29, 0.717) is 37.6 Å². The average Bonchev–Trinajstić information content (AvgIpc) is 2.61. The standard InChI is InChI=1S/C18H27N5O4.BrH/c1-4-10-26-15(24)13-6-8-14(9-7-13)25-11-5-12-27-23-17(20)21-16(19)22-18(23,2)3;/h6-9H,4-5,10-12H2,1-3H3,(H4,19,20,21,22);1H. The molecule has 9 nitrogen and oxygen atoms in total. The lowest BCUT2D eigenvalue weighted by atomic mass is 10.2. The number of hydrogen-bond donors (Lipinski definition) is 2. The third kappa shape index (κ3) is 6.68. The summed E-state index contributed by atoms with van der Waals surface area (Å²) in [6.45, 7) is 6.82. The largest absolute Gasteiger partial charge is 0.494 e. The Kier molecular flexibility index (Phi) is 9.20. The lowest BCUT2D eigenvalue weighted by molar-refractivity contribution is -0.158. The molecule has 0 aromatic heterocycles. The van der Waals surface area contributed by atoms with E-state index < -0.39 is 5.66 Å². The zero-order valence-corrected chi connectivity index (χ0v) is 18.1. The second-order valence-electron chi connectivity index (χ2n) is 6.42. The van der Waals surface area contributed by atoms with Gasteiger partial charge in [-0.2, -0.15) is 10.1 Å². The summed E-state index contributed by atoms with van der Waals surface area (Å²) in [6, 6.07) is 6.83. The number of halogens is 1. The molecular weight excluding hydrogens is 430 g/mol. The van der Waals surface area contributed by atoms with Crippen LogP contribution in [0.5, 0.6) is 5.75 Å². The highest BCUT2D eigenvalue weighted by molar-refractivity contribution is 8.93. The number of guanidine groups is 2. The average molecular weight is 458 g/mol. The second-order valence-corrected chi connectivity index (χ2v) is 6.42. The first-order valence-electron chi connectivity index (χ1n) is 8.86. The van der Waals surface area contributed by atoms with Crippen molar-refractivity contribution in [3.8, 4) is 5.75 Å². The van der Waals surface area contributed by atoms with Gasteiger partial charge in [0.2, 0.25) is 11.9 Å². The Labute approximate surface area is 175 Å². The van der Waals surface area contributed by atoms with Crippen molar-refractivity contribution in [1.29, 1.82) is 0 Å². The van der Waals surface area contributed by atoms with E-state index in [2.05, 4.69) is 9.98 Å². The number of carbonyl (C=O) groups is 1. The van der Waals surface area contributed by atoms with Crippen LogP contribution in [0.3, 0.4) is 0 Å². The smallest absolute Gasteiger partial charge is 0.338 e. The van der Waals surface area contributed by atoms with Gasteiger partial charge in [0, 0.05) is 6.42 Å². The van der Waals surface area contributed by atoms with Crippen LogP contribution in [0.2, 0.25) is 0 Å². The van der Waals surface area contributed by atoms with Gasteiger partial charge in [-0.25, -0.2) is 9.79 Å². The number of nitrogens with two attached hydrogens (primary N) is 2. The molecule has 1 heterocycles.